The smallest absolute Gasteiger partial charge is 0.124 e. The summed E-state index contributed by atoms with van der Waals surface area (Å²) >= 11 is 3.43. The minimum Gasteiger partial charge on any atom is -0.489 e. The molecule has 3 nitrogen and oxygen atoms in total. The standard InChI is InChI=1S/C16H15BrN2O/c1-11(19)15-8-14(17)5-6-16(15)20-10-13-4-2-3-12(7-13)9-18/h2-8,11H,10,19H2,1H3/t11-/m0/s1. The molecular weight excluding hydrogens is 316 g/mol. The number of nitrogens with zero attached hydrogens (tertiary/aromatic N) is 1. The molecule has 4 heteroatoms. The molecule has 0 aliphatic rings. The van der Waals surface area contributed by atoms with Crippen LogP contribution in [0.1, 0.15) is 29.7 Å². The second-order valence-corrected chi connectivity index (χ2v) is 5.49. The molecule has 2 aromatic carbocycles. The van der Waals surface area contributed by atoms with Gasteiger partial charge in [0.05, 0.1) is 11.6 Å². The van der Waals surface area contributed by atoms with E-state index in [9.17, 15) is 0 Å². The lowest BCUT2D eigenvalue weighted by Gasteiger charge is -2.14. The molecule has 2 aromatic rings. The van der Waals surface area contributed by atoms with Crippen LogP contribution in [0.15, 0.2) is 46.9 Å². The zero-order chi connectivity index (χ0) is 14.5. The van der Waals surface area contributed by atoms with Crippen molar-refractivity contribution in [3.8, 4) is 11.8 Å². The van der Waals surface area contributed by atoms with Crippen molar-refractivity contribution in [2.24, 2.45) is 5.73 Å². The average Bonchev–Trinajstić information content (AvgIpc) is 2.46. The van der Waals surface area contributed by atoms with Crippen LogP contribution in [-0.2, 0) is 6.61 Å². The number of hydrogen-bond acceptors (Lipinski definition) is 3. The molecular formula is C16H15BrN2O. The van der Waals surface area contributed by atoms with Crippen LogP contribution in [-0.4, -0.2) is 0 Å². The first-order valence-corrected chi connectivity index (χ1v) is 7.06. The summed E-state index contributed by atoms with van der Waals surface area (Å²) in [4.78, 5) is 0. The van der Waals surface area contributed by atoms with E-state index in [2.05, 4.69) is 22.0 Å². The van der Waals surface area contributed by atoms with Crippen molar-refractivity contribution in [3.05, 3.63) is 63.6 Å². The van der Waals surface area contributed by atoms with E-state index in [1.807, 2.05) is 43.3 Å². The lowest BCUT2D eigenvalue weighted by atomic mass is 10.1. The first-order valence-electron chi connectivity index (χ1n) is 6.27. The fourth-order valence-corrected chi connectivity index (χ4v) is 2.28. The maximum Gasteiger partial charge on any atom is 0.124 e. The molecule has 2 N–H and O–H groups in total. The first kappa shape index (κ1) is 14.6. The number of nitrogens with two attached hydrogens (primary N) is 1. The van der Waals surface area contributed by atoms with Gasteiger partial charge in [0.1, 0.15) is 12.4 Å². The molecule has 0 saturated carbocycles. The average molecular weight is 331 g/mol. The van der Waals surface area contributed by atoms with E-state index in [-0.39, 0.29) is 6.04 Å². The maximum absolute atomic E-state index is 8.88. The molecule has 1 atom stereocenters. The van der Waals surface area contributed by atoms with Crippen LogP contribution in [0.4, 0.5) is 0 Å². The normalized spacial score (nSPS) is 11.7. The number of hydrogen-bond donors (Lipinski definition) is 1. The SMILES string of the molecule is C[C@H](N)c1cc(Br)ccc1OCc1cccc(C#N)c1. The van der Waals surface area contributed by atoms with E-state index < -0.39 is 0 Å². The monoisotopic (exact) mass is 330 g/mol. The van der Waals surface area contributed by atoms with Crippen molar-refractivity contribution in [1.29, 1.82) is 5.26 Å². The number of ether oxygens (including phenoxy) is 1. The van der Waals surface area contributed by atoms with Crippen LogP contribution in [0.3, 0.4) is 0 Å². The van der Waals surface area contributed by atoms with Crippen LogP contribution in [0, 0.1) is 11.3 Å². The zero-order valence-corrected chi connectivity index (χ0v) is 12.7. The molecule has 0 aliphatic carbocycles. The summed E-state index contributed by atoms with van der Waals surface area (Å²) in [5, 5.41) is 8.88. The minimum absolute atomic E-state index is 0.104. The van der Waals surface area contributed by atoms with Crippen LogP contribution in [0.25, 0.3) is 0 Å². The van der Waals surface area contributed by atoms with Crippen molar-refractivity contribution in [3.63, 3.8) is 0 Å². The molecule has 2 rings (SSSR count). The topological polar surface area (TPSA) is 59.0 Å². The van der Waals surface area contributed by atoms with Gasteiger partial charge in [-0.25, -0.2) is 0 Å². The summed E-state index contributed by atoms with van der Waals surface area (Å²) in [6.45, 7) is 2.34. The van der Waals surface area contributed by atoms with Gasteiger partial charge in [-0.1, -0.05) is 28.1 Å². The number of nitriles is 1. The van der Waals surface area contributed by atoms with Crippen LogP contribution < -0.4 is 10.5 Å². The Morgan fingerprint density at radius 2 is 2.10 bits per heavy atom. The van der Waals surface area contributed by atoms with E-state index in [0.29, 0.717) is 12.2 Å². The quantitative estimate of drug-likeness (QED) is 0.924. The molecule has 0 bridgehead atoms. The highest BCUT2D eigenvalue weighted by molar-refractivity contribution is 9.10. The van der Waals surface area contributed by atoms with Gasteiger partial charge >= 0.3 is 0 Å². The Morgan fingerprint density at radius 3 is 2.80 bits per heavy atom. The van der Waals surface area contributed by atoms with Gasteiger partial charge in [-0.05, 0) is 42.8 Å². The van der Waals surface area contributed by atoms with Crippen molar-refractivity contribution in [2.75, 3.05) is 0 Å². The van der Waals surface area contributed by atoms with E-state index in [1.54, 1.807) is 6.07 Å². The molecule has 20 heavy (non-hydrogen) atoms. The van der Waals surface area contributed by atoms with Gasteiger partial charge in [0.25, 0.3) is 0 Å². The highest BCUT2D eigenvalue weighted by Gasteiger charge is 2.09. The molecule has 102 valence electrons. The summed E-state index contributed by atoms with van der Waals surface area (Å²) in [5.74, 6) is 0.769. The molecule has 0 unspecified atom stereocenters. The maximum atomic E-state index is 8.88. The molecule has 0 spiro atoms. The highest BCUT2D eigenvalue weighted by atomic mass is 79.9. The van der Waals surface area contributed by atoms with Crippen molar-refractivity contribution >= 4 is 15.9 Å². The number of halogens is 1. The Labute approximate surface area is 127 Å². The number of rotatable bonds is 4. The van der Waals surface area contributed by atoms with Gasteiger partial charge in [-0.2, -0.15) is 5.26 Å². The van der Waals surface area contributed by atoms with E-state index in [0.717, 1.165) is 21.3 Å². The van der Waals surface area contributed by atoms with Gasteiger partial charge in [0, 0.05) is 16.1 Å². The molecule has 0 radical (unpaired) electrons. The lowest BCUT2D eigenvalue weighted by molar-refractivity contribution is 0.301. The molecule has 0 fully saturated rings. The van der Waals surface area contributed by atoms with Crippen LogP contribution >= 0.6 is 15.9 Å². The molecule has 0 saturated heterocycles. The van der Waals surface area contributed by atoms with Crippen molar-refractivity contribution in [2.45, 2.75) is 19.6 Å². The Kier molecular flexibility index (Phi) is 4.78. The fourth-order valence-electron chi connectivity index (χ4n) is 1.90. The third-order valence-electron chi connectivity index (χ3n) is 2.91. The summed E-state index contributed by atoms with van der Waals surface area (Å²) in [6.07, 6.45) is 0. The van der Waals surface area contributed by atoms with E-state index >= 15 is 0 Å². The fraction of sp³-hybridized carbons (Fsp3) is 0.188. The van der Waals surface area contributed by atoms with Gasteiger partial charge in [-0.3, -0.25) is 0 Å². The van der Waals surface area contributed by atoms with E-state index in [1.165, 1.54) is 0 Å². The van der Waals surface area contributed by atoms with Gasteiger partial charge in [0.15, 0.2) is 0 Å². The summed E-state index contributed by atoms with van der Waals surface area (Å²) in [5.41, 5.74) is 8.50. The summed E-state index contributed by atoms with van der Waals surface area (Å²) < 4.78 is 6.80. The Bertz CT molecular complexity index is 647. The van der Waals surface area contributed by atoms with Gasteiger partial charge < -0.3 is 10.5 Å². The summed E-state index contributed by atoms with van der Waals surface area (Å²) in [7, 11) is 0. The third kappa shape index (κ3) is 3.60. The van der Waals surface area contributed by atoms with Crippen molar-refractivity contribution < 1.29 is 4.74 Å². The van der Waals surface area contributed by atoms with Crippen LogP contribution in [0.2, 0.25) is 0 Å². The largest absolute Gasteiger partial charge is 0.489 e. The summed E-state index contributed by atoms with van der Waals surface area (Å²) in [6, 6.07) is 15.2. The van der Waals surface area contributed by atoms with Crippen LogP contribution in [0.5, 0.6) is 5.75 Å². The zero-order valence-electron chi connectivity index (χ0n) is 11.1. The third-order valence-corrected chi connectivity index (χ3v) is 3.41. The highest BCUT2D eigenvalue weighted by Crippen LogP contribution is 2.28. The van der Waals surface area contributed by atoms with E-state index in [4.69, 9.17) is 15.7 Å². The minimum atomic E-state index is -0.104. The van der Waals surface area contributed by atoms with Gasteiger partial charge in [0.2, 0.25) is 0 Å². The molecule has 0 heterocycles. The lowest BCUT2D eigenvalue weighted by Crippen LogP contribution is -2.08. The predicted molar refractivity (Wildman–Crippen MR) is 82.2 cm³/mol. The Morgan fingerprint density at radius 1 is 1.30 bits per heavy atom. The number of benzene rings is 2. The second-order valence-electron chi connectivity index (χ2n) is 4.57. The first-order chi connectivity index (χ1) is 9.60. The second kappa shape index (κ2) is 6.56. The van der Waals surface area contributed by atoms with Gasteiger partial charge in [-0.15, -0.1) is 0 Å². The Hall–Kier alpha value is -1.83. The predicted octanol–water partition coefficient (Wildman–Crippen LogP) is 3.92. The Balaban J connectivity index is 2.16. The molecule has 0 aromatic heterocycles. The molecule has 0 aliphatic heterocycles. The van der Waals surface area contributed by atoms with Crippen molar-refractivity contribution in [1.82, 2.24) is 0 Å². The molecule has 0 amide bonds.